The molecule has 0 spiro atoms. The highest BCUT2D eigenvalue weighted by Crippen LogP contribution is 2.27. The maximum absolute atomic E-state index is 12.8. The zero-order valence-corrected chi connectivity index (χ0v) is 15.0. The number of carboxylic acids is 1. The first-order valence-electron chi connectivity index (χ1n) is 8.82. The van der Waals surface area contributed by atoms with Gasteiger partial charge in [0.05, 0.1) is 23.5 Å². The summed E-state index contributed by atoms with van der Waals surface area (Å²) in [5.74, 6) is -1.27. The highest BCUT2D eigenvalue weighted by Gasteiger charge is 2.32. The standard InChI is InChI=1S/C19H22N4O4/c1-13-6-8-22(15-3-2-7-20-9-15)11-16(13)19(27)21-14-4-5-17(24)23(10-14)12-18(25)26/h2-5,7,9-10,13,16H,6,8,11-12H2,1H3,(H,21,27)(H,25,26). The highest BCUT2D eigenvalue weighted by atomic mass is 16.4. The largest absolute Gasteiger partial charge is 0.480 e. The van der Waals surface area contributed by atoms with E-state index in [1.165, 1.54) is 18.3 Å². The van der Waals surface area contributed by atoms with E-state index >= 15 is 0 Å². The molecule has 1 aliphatic rings. The van der Waals surface area contributed by atoms with E-state index in [9.17, 15) is 14.4 Å². The van der Waals surface area contributed by atoms with E-state index < -0.39 is 18.1 Å². The minimum Gasteiger partial charge on any atom is -0.480 e. The third kappa shape index (κ3) is 4.52. The Balaban J connectivity index is 1.73. The van der Waals surface area contributed by atoms with E-state index in [0.29, 0.717) is 12.2 Å². The SMILES string of the molecule is CC1CCN(c2cccnc2)CC1C(=O)Nc1ccc(=O)n(CC(=O)O)c1. The third-order valence-electron chi connectivity index (χ3n) is 4.86. The zero-order chi connectivity index (χ0) is 19.4. The third-order valence-corrected chi connectivity index (χ3v) is 4.86. The number of hydrogen-bond donors (Lipinski definition) is 2. The summed E-state index contributed by atoms with van der Waals surface area (Å²) in [6.45, 7) is 3.04. The molecule has 0 radical (unpaired) electrons. The maximum Gasteiger partial charge on any atom is 0.323 e. The molecule has 0 bridgehead atoms. The number of piperidine rings is 1. The van der Waals surface area contributed by atoms with Gasteiger partial charge in [0.1, 0.15) is 6.54 Å². The van der Waals surface area contributed by atoms with Gasteiger partial charge < -0.3 is 19.9 Å². The molecule has 1 amide bonds. The number of carbonyl (C=O) groups excluding carboxylic acids is 1. The first-order valence-corrected chi connectivity index (χ1v) is 8.82. The quantitative estimate of drug-likeness (QED) is 0.825. The fraction of sp³-hybridized carbons (Fsp3) is 0.368. The van der Waals surface area contributed by atoms with E-state index in [1.54, 1.807) is 12.4 Å². The monoisotopic (exact) mass is 370 g/mol. The molecule has 3 heterocycles. The Kier molecular flexibility index (Phi) is 5.54. The minimum absolute atomic E-state index is 0.142. The van der Waals surface area contributed by atoms with Crippen molar-refractivity contribution < 1.29 is 14.7 Å². The van der Waals surface area contributed by atoms with Crippen LogP contribution in [-0.2, 0) is 16.1 Å². The summed E-state index contributed by atoms with van der Waals surface area (Å²) in [4.78, 5) is 41.7. The molecule has 1 fully saturated rings. The number of carbonyl (C=O) groups is 2. The second-order valence-corrected chi connectivity index (χ2v) is 6.80. The molecule has 1 saturated heterocycles. The molecule has 2 N–H and O–H groups in total. The molecule has 2 aromatic rings. The number of nitrogens with zero attached hydrogens (tertiary/aromatic N) is 3. The minimum atomic E-state index is -1.12. The average Bonchev–Trinajstić information content (AvgIpc) is 2.65. The summed E-state index contributed by atoms with van der Waals surface area (Å²) < 4.78 is 1.06. The predicted octanol–water partition coefficient (Wildman–Crippen LogP) is 1.43. The van der Waals surface area contributed by atoms with E-state index in [4.69, 9.17) is 5.11 Å². The van der Waals surface area contributed by atoms with Gasteiger partial charge in [-0.15, -0.1) is 0 Å². The van der Waals surface area contributed by atoms with Crippen molar-refractivity contribution in [1.82, 2.24) is 9.55 Å². The smallest absolute Gasteiger partial charge is 0.323 e. The van der Waals surface area contributed by atoms with Gasteiger partial charge >= 0.3 is 5.97 Å². The predicted molar refractivity (Wildman–Crippen MR) is 101 cm³/mol. The van der Waals surface area contributed by atoms with E-state index in [-0.39, 0.29) is 17.7 Å². The van der Waals surface area contributed by atoms with Gasteiger partial charge in [0.2, 0.25) is 5.91 Å². The summed E-state index contributed by atoms with van der Waals surface area (Å²) in [6, 6.07) is 6.59. The number of hydrogen-bond acceptors (Lipinski definition) is 5. The second-order valence-electron chi connectivity index (χ2n) is 6.80. The summed E-state index contributed by atoms with van der Waals surface area (Å²) >= 11 is 0. The molecule has 2 atom stereocenters. The van der Waals surface area contributed by atoms with Crippen LogP contribution in [0.4, 0.5) is 11.4 Å². The summed E-state index contributed by atoms with van der Waals surface area (Å²) in [5.41, 5.74) is 0.966. The number of aromatic nitrogens is 2. The van der Waals surface area contributed by atoms with E-state index in [2.05, 4.69) is 22.1 Å². The van der Waals surface area contributed by atoms with Crippen molar-refractivity contribution in [2.75, 3.05) is 23.3 Å². The number of amides is 1. The zero-order valence-electron chi connectivity index (χ0n) is 15.0. The van der Waals surface area contributed by atoms with Crippen molar-refractivity contribution >= 4 is 23.3 Å². The molecule has 2 unspecified atom stereocenters. The highest BCUT2D eigenvalue weighted by molar-refractivity contribution is 5.93. The maximum atomic E-state index is 12.8. The number of nitrogens with one attached hydrogen (secondary N) is 1. The summed E-state index contributed by atoms with van der Waals surface area (Å²) in [7, 11) is 0. The molecule has 0 aliphatic carbocycles. The Morgan fingerprint density at radius 3 is 2.85 bits per heavy atom. The molecule has 0 saturated carbocycles. The van der Waals surface area contributed by atoms with Crippen LogP contribution in [0.2, 0.25) is 0 Å². The Morgan fingerprint density at radius 1 is 1.33 bits per heavy atom. The fourth-order valence-electron chi connectivity index (χ4n) is 3.30. The molecule has 27 heavy (non-hydrogen) atoms. The average molecular weight is 370 g/mol. The van der Waals surface area contributed by atoms with Gasteiger partial charge in [-0.2, -0.15) is 0 Å². The lowest BCUT2D eigenvalue weighted by Crippen LogP contribution is -2.45. The van der Waals surface area contributed by atoms with Crippen molar-refractivity contribution in [2.24, 2.45) is 11.8 Å². The van der Waals surface area contributed by atoms with Crippen LogP contribution in [0.5, 0.6) is 0 Å². The Bertz CT molecular complexity index is 881. The molecule has 0 aromatic carbocycles. The lowest BCUT2D eigenvalue weighted by atomic mass is 9.86. The van der Waals surface area contributed by atoms with E-state index in [1.807, 2.05) is 12.1 Å². The number of carboxylic acid groups (broad SMARTS) is 1. The molecule has 2 aromatic heterocycles. The van der Waals surface area contributed by atoms with Gasteiger partial charge in [0.15, 0.2) is 0 Å². The fourth-order valence-corrected chi connectivity index (χ4v) is 3.30. The first kappa shape index (κ1) is 18.6. The van der Waals surface area contributed by atoms with Crippen LogP contribution in [0.15, 0.2) is 47.7 Å². The van der Waals surface area contributed by atoms with Crippen molar-refractivity contribution in [3.63, 3.8) is 0 Å². The summed E-state index contributed by atoms with van der Waals surface area (Å²) in [6.07, 6.45) is 5.74. The van der Waals surface area contributed by atoms with Gasteiger partial charge in [-0.3, -0.25) is 19.4 Å². The topological polar surface area (TPSA) is 105 Å². The van der Waals surface area contributed by atoms with Crippen LogP contribution in [0.25, 0.3) is 0 Å². The van der Waals surface area contributed by atoms with Crippen molar-refractivity contribution in [2.45, 2.75) is 19.9 Å². The molecule has 8 nitrogen and oxygen atoms in total. The molecule has 142 valence electrons. The second kappa shape index (κ2) is 8.03. The normalized spacial score (nSPS) is 19.5. The van der Waals surface area contributed by atoms with Gasteiger partial charge in [0, 0.05) is 31.5 Å². The Hall–Kier alpha value is -3.16. The van der Waals surface area contributed by atoms with Crippen LogP contribution >= 0.6 is 0 Å². The Labute approximate surface area is 156 Å². The van der Waals surface area contributed by atoms with Crippen LogP contribution in [0.3, 0.4) is 0 Å². The van der Waals surface area contributed by atoms with Crippen LogP contribution in [-0.4, -0.2) is 39.6 Å². The molecule has 8 heteroatoms. The van der Waals surface area contributed by atoms with E-state index in [0.717, 1.165) is 23.2 Å². The molecule has 1 aliphatic heterocycles. The van der Waals surface area contributed by atoms with Crippen LogP contribution in [0.1, 0.15) is 13.3 Å². The lowest BCUT2D eigenvalue weighted by molar-refractivity contribution is -0.137. The number of pyridine rings is 2. The number of anilines is 2. The molecular formula is C19H22N4O4. The number of rotatable bonds is 5. The lowest BCUT2D eigenvalue weighted by Gasteiger charge is -2.37. The van der Waals surface area contributed by atoms with Crippen molar-refractivity contribution in [3.8, 4) is 0 Å². The van der Waals surface area contributed by atoms with Crippen LogP contribution < -0.4 is 15.8 Å². The number of aliphatic carboxylic acids is 1. The van der Waals surface area contributed by atoms with Crippen molar-refractivity contribution in [1.29, 1.82) is 0 Å². The van der Waals surface area contributed by atoms with Gasteiger partial charge in [-0.1, -0.05) is 6.92 Å². The summed E-state index contributed by atoms with van der Waals surface area (Å²) in [5, 5.41) is 11.7. The Morgan fingerprint density at radius 2 is 2.15 bits per heavy atom. The molecule has 3 rings (SSSR count). The van der Waals surface area contributed by atoms with Gasteiger partial charge in [0.25, 0.3) is 5.56 Å². The van der Waals surface area contributed by atoms with Gasteiger partial charge in [-0.25, -0.2) is 0 Å². The molecular weight excluding hydrogens is 348 g/mol. The first-order chi connectivity index (χ1) is 12.9. The van der Waals surface area contributed by atoms with Crippen LogP contribution in [0, 0.1) is 11.8 Å². The van der Waals surface area contributed by atoms with Gasteiger partial charge in [-0.05, 0) is 30.5 Å². The van der Waals surface area contributed by atoms with Crippen molar-refractivity contribution in [3.05, 3.63) is 53.2 Å².